The molecule has 3 atom stereocenters. The van der Waals surface area contributed by atoms with Gasteiger partial charge in [0.2, 0.25) is 0 Å². The van der Waals surface area contributed by atoms with Gasteiger partial charge >= 0.3 is 12.0 Å². The minimum absolute atomic E-state index is 0.0000143. The minimum atomic E-state index is -0.261. The normalized spacial score (nSPS) is 21.8. The number of urea groups is 1. The number of ether oxygens (including phenoxy) is 2. The topological polar surface area (TPSA) is 111 Å². The standard InChI is InChI=1S/C27H36N6O4/c1-19-14-28-20(2)17-37-26(34)12-7-13-33-15-22(30-31-33)18-36-25(19)16-32(3)27(35)29-24-11-6-9-21-8-4-5-10-23(21)24/h4-6,8-11,15,19-20,25,28H,7,12-14,16-18H2,1-3H3,(H,29,35)/t19-,20+,25-/m0/s1. The highest BCUT2D eigenvalue weighted by molar-refractivity contribution is 6.01. The first kappa shape index (κ1) is 26.6. The number of rotatable bonds is 3. The van der Waals surface area contributed by atoms with Gasteiger partial charge in [-0.25, -0.2) is 4.79 Å². The number of amides is 2. The lowest BCUT2D eigenvalue weighted by atomic mass is 10.0. The molecular weight excluding hydrogens is 472 g/mol. The molecule has 2 heterocycles. The number of aromatic nitrogens is 3. The zero-order valence-electron chi connectivity index (χ0n) is 21.7. The summed E-state index contributed by atoms with van der Waals surface area (Å²) in [6, 6.07) is 13.6. The zero-order valence-corrected chi connectivity index (χ0v) is 21.7. The van der Waals surface area contributed by atoms with Crippen LogP contribution in [-0.4, -0.2) is 70.8 Å². The van der Waals surface area contributed by atoms with Gasteiger partial charge in [-0.1, -0.05) is 48.5 Å². The van der Waals surface area contributed by atoms with Gasteiger partial charge < -0.3 is 25.0 Å². The van der Waals surface area contributed by atoms with Crippen molar-refractivity contribution < 1.29 is 19.1 Å². The lowest BCUT2D eigenvalue weighted by Gasteiger charge is -2.30. The van der Waals surface area contributed by atoms with E-state index in [1.54, 1.807) is 16.6 Å². The number of hydrogen-bond donors (Lipinski definition) is 2. The van der Waals surface area contributed by atoms with Crippen LogP contribution in [0.3, 0.4) is 0 Å². The number of carbonyl (C=O) groups is 2. The van der Waals surface area contributed by atoms with Crippen LogP contribution in [0.2, 0.25) is 0 Å². The smallest absolute Gasteiger partial charge is 0.321 e. The van der Waals surface area contributed by atoms with Crippen molar-refractivity contribution in [2.24, 2.45) is 5.92 Å². The van der Waals surface area contributed by atoms with Gasteiger partial charge in [0, 0.05) is 44.5 Å². The molecule has 2 aromatic carbocycles. The van der Waals surface area contributed by atoms with Gasteiger partial charge in [-0.2, -0.15) is 0 Å². The molecule has 1 aliphatic heterocycles. The van der Waals surface area contributed by atoms with Gasteiger partial charge in [0.05, 0.1) is 24.6 Å². The molecule has 0 spiro atoms. The number of nitrogens with one attached hydrogen (secondary N) is 2. The molecule has 2 N–H and O–H groups in total. The number of fused-ring (bicyclic) bond motifs is 3. The van der Waals surface area contributed by atoms with E-state index in [0.29, 0.717) is 44.8 Å². The molecule has 1 aromatic heterocycles. The maximum atomic E-state index is 13.1. The summed E-state index contributed by atoms with van der Waals surface area (Å²) in [5.74, 6) is -0.150. The van der Waals surface area contributed by atoms with Crippen LogP contribution in [0.25, 0.3) is 10.8 Å². The van der Waals surface area contributed by atoms with Crippen LogP contribution in [0.5, 0.6) is 0 Å². The molecule has 3 aromatic rings. The van der Waals surface area contributed by atoms with Crippen molar-refractivity contribution in [2.75, 3.05) is 32.1 Å². The summed E-state index contributed by atoms with van der Waals surface area (Å²) in [4.78, 5) is 26.8. The van der Waals surface area contributed by atoms with Gasteiger partial charge in [0.1, 0.15) is 12.3 Å². The van der Waals surface area contributed by atoms with Crippen LogP contribution >= 0.6 is 0 Å². The Bertz CT molecular complexity index is 1190. The van der Waals surface area contributed by atoms with E-state index < -0.39 is 0 Å². The molecule has 2 amide bonds. The van der Waals surface area contributed by atoms with Gasteiger partial charge in [0.25, 0.3) is 0 Å². The molecule has 0 unspecified atom stereocenters. The second-order valence-electron chi connectivity index (χ2n) is 9.73. The van der Waals surface area contributed by atoms with E-state index in [9.17, 15) is 9.59 Å². The van der Waals surface area contributed by atoms with E-state index in [0.717, 1.165) is 16.5 Å². The van der Waals surface area contributed by atoms with Crippen LogP contribution in [0, 0.1) is 5.92 Å². The quantitative estimate of drug-likeness (QED) is 0.522. The highest BCUT2D eigenvalue weighted by atomic mass is 16.5. The summed E-state index contributed by atoms with van der Waals surface area (Å²) >= 11 is 0. The maximum absolute atomic E-state index is 13.1. The van der Waals surface area contributed by atoms with E-state index in [1.165, 1.54) is 0 Å². The van der Waals surface area contributed by atoms with Crippen molar-refractivity contribution in [3.05, 3.63) is 54.4 Å². The Morgan fingerprint density at radius 3 is 2.89 bits per heavy atom. The number of nitrogens with zero attached hydrogens (tertiary/aromatic N) is 4. The number of hydrogen-bond acceptors (Lipinski definition) is 7. The predicted molar refractivity (Wildman–Crippen MR) is 141 cm³/mol. The van der Waals surface area contributed by atoms with Gasteiger partial charge in [-0.15, -0.1) is 5.10 Å². The second kappa shape index (κ2) is 12.6. The lowest BCUT2D eigenvalue weighted by molar-refractivity contribution is -0.144. The number of aryl methyl sites for hydroxylation is 1. The largest absolute Gasteiger partial charge is 0.464 e. The fraction of sp³-hybridized carbons (Fsp3) is 0.481. The van der Waals surface area contributed by atoms with Crippen LogP contribution in [-0.2, 0) is 27.4 Å². The lowest BCUT2D eigenvalue weighted by Crippen LogP contribution is -2.44. The number of anilines is 1. The summed E-state index contributed by atoms with van der Waals surface area (Å²) in [7, 11) is 1.77. The molecule has 0 saturated heterocycles. The molecule has 10 nitrogen and oxygen atoms in total. The van der Waals surface area contributed by atoms with Crippen molar-refractivity contribution >= 4 is 28.5 Å². The minimum Gasteiger partial charge on any atom is -0.464 e. The van der Waals surface area contributed by atoms with Crippen LogP contribution in [0.15, 0.2) is 48.7 Å². The number of esters is 1. The average Bonchev–Trinajstić information content (AvgIpc) is 3.35. The van der Waals surface area contributed by atoms with Crippen molar-refractivity contribution in [3.63, 3.8) is 0 Å². The first-order valence-corrected chi connectivity index (χ1v) is 12.8. The Hall–Kier alpha value is -3.50. The summed E-state index contributed by atoms with van der Waals surface area (Å²) < 4.78 is 13.4. The third-order valence-electron chi connectivity index (χ3n) is 6.55. The van der Waals surface area contributed by atoms with Crippen molar-refractivity contribution in [2.45, 2.75) is 52.0 Å². The van der Waals surface area contributed by atoms with E-state index in [2.05, 4.69) is 27.9 Å². The summed E-state index contributed by atoms with van der Waals surface area (Å²) in [5, 5.41) is 16.8. The Kier molecular flexibility index (Phi) is 9.08. The summed E-state index contributed by atoms with van der Waals surface area (Å²) in [6.07, 6.45) is 2.53. The van der Waals surface area contributed by atoms with E-state index >= 15 is 0 Å². The predicted octanol–water partition coefficient (Wildman–Crippen LogP) is 3.43. The highest BCUT2D eigenvalue weighted by Crippen LogP contribution is 2.23. The first-order chi connectivity index (χ1) is 17.9. The Labute approximate surface area is 217 Å². The molecule has 0 aliphatic carbocycles. The maximum Gasteiger partial charge on any atom is 0.321 e. The number of cyclic esters (lactones) is 1. The van der Waals surface area contributed by atoms with E-state index in [-0.39, 0.29) is 36.7 Å². The number of carbonyl (C=O) groups excluding carboxylic acids is 2. The highest BCUT2D eigenvalue weighted by Gasteiger charge is 2.24. The van der Waals surface area contributed by atoms with Crippen molar-refractivity contribution in [1.29, 1.82) is 0 Å². The molecular formula is C27H36N6O4. The van der Waals surface area contributed by atoms with E-state index in [4.69, 9.17) is 9.47 Å². The number of likely N-dealkylation sites (N-methyl/N-ethyl adjacent to an activating group) is 1. The van der Waals surface area contributed by atoms with Crippen molar-refractivity contribution in [3.8, 4) is 0 Å². The molecule has 4 rings (SSSR count). The van der Waals surface area contributed by atoms with Crippen molar-refractivity contribution in [1.82, 2.24) is 25.2 Å². The Balaban J connectivity index is 1.44. The Morgan fingerprint density at radius 2 is 2.03 bits per heavy atom. The fourth-order valence-electron chi connectivity index (χ4n) is 4.25. The third kappa shape index (κ3) is 7.50. The molecule has 10 heteroatoms. The van der Waals surface area contributed by atoms with E-state index in [1.807, 2.05) is 55.6 Å². The SMILES string of the molecule is C[C@@H]1COC(=O)CCCn2cc(nn2)CO[C@@H](CN(C)C(=O)Nc2cccc3ccccc23)[C@@H](C)CN1. The fourth-order valence-corrected chi connectivity index (χ4v) is 4.25. The van der Waals surface area contributed by atoms with Crippen LogP contribution in [0.4, 0.5) is 10.5 Å². The van der Waals surface area contributed by atoms with Gasteiger partial charge in [-0.05, 0) is 30.7 Å². The summed E-state index contributed by atoms with van der Waals surface area (Å²) in [6.45, 7) is 6.24. The van der Waals surface area contributed by atoms with Gasteiger partial charge in [0.15, 0.2) is 0 Å². The molecule has 0 saturated carbocycles. The molecule has 2 bridgehead atoms. The monoisotopic (exact) mass is 508 g/mol. The molecule has 1 aliphatic rings. The summed E-state index contributed by atoms with van der Waals surface area (Å²) in [5.41, 5.74) is 1.47. The molecule has 198 valence electrons. The first-order valence-electron chi connectivity index (χ1n) is 12.8. The molecule has 0 fully saturated rings. The van der Waals surface area contributed by atoms with Gasteiger partial charge in [-0.3, -0.25) is 9.48 Å². The average molecular weight is 509 g/mol. The van der Waals surface area contributed by atoms with Crippen LogP contribution in [0.1, 0.15) is 32.4 Å². The number of benzene rings is 2. The second-order valence-corrected chi connectivity index (χ2v) is 9.73. The Morgan fingerprint density at radius 1 is 1.22 bits per heavy atom. The third-order valence-corrected chi connectivity index (χ3v) is 6.55. The molecule has 0 radical (unpaired) electrons. The molecule has 37 heavy (non-hydrogen) atoms. The van der Waals surface area contributed by atoms with Crippen LogP contribution < -0.4 is 10.6 Å². The zero-order chi connectivity index (χ0) is 26.2.